The Balaban J connectivity index is 1.80. The number of aryl methyl sites for hydroxylation is 1. The molecular weight excluding hydrogens is 386 g/mol. The molecule has 0 aliphatic carbocycles. The van der Waals surface area contributed by atoms with E-state index in [2.05, 4.69) is 5.32 Å². The van der Waals surface area contributed by atoms with Gasteiger partial charge in [0.1, 0.15) is 17.3 Å². The second-order valence-corrected chi connectivity index (χ2v) is 7.86. The summed E-state index contributed by atoms with van der Waals surface area (Å²) in [4.78, 5) is 28.6. The molecule has 0 aliphatic heterocycles. The molecule has 0 saturated heterocycles. The summed E-state index contributed by atoms with van der Waals surface area (Å²) >= 11 is 1.58. The lowest BCUT2D eigenvalue weighted by molar-refractivity contribution is -0.116. The topological polar surface area (TPSA) is 63.6 Å². The number of hydrogen-bond donors (Lipinski definition) is 1. The van der Waals surface area contributed by atoms with Gasteiger partial charge in [-0.15, -0.1) is 11.3 Å². The first-order valence-electron chi connectivity index (χ1n) is 9.41. The molecule has 6 nitrogen and oxygen atoms in total. The quantitative estimate of drug-likeness (QED) is 0.632. The van der Waals surface area contributed by atoms with E-state index in [1.54, 1.807) is 41.5 Å². The van der Waals surface area contributed by atoms with Crippen LogP contribution in [0.5, 0.6) is 5.75 Å². The van der Waals surface area contributed by atoms with Gasteiger partial charge in [-0.1, -0.05) is 6.07 Å². The molecule has 3 aromatic rings. The zero-order chi connectivity index (χ0) is 21.0. The minimum absolute atomic E-state index is 0.0218. The van der Waals surface area contributed by atoms with Gasteiger partial charge >= 0.3 is 0 Å². The molecule has 0 atom stereocenters. The highest BCUT2D eigenvalue weighted by Gasteiger charge is 2.25. The number of thiophene rings is 1. The third-order valence-corrected chi connectivity index (χ3v) is 6.00. The molecule has 2 heterocycles. The lowest BCUT2D eigenvalue weighted by Crippen LogP contribution is -2.38. The summed E-state index contributed by atoms with van der Waals surface area (Å²) in [5.74, 6) is 0.270. The molecule has 7 heteroatoms. The highest BCUT2D eigenvalue weighted by molar-refractivity contribution is 7.15. The number of methoxy groups -OCH3 is 1. The van der Waals surface area contributed by atoms with Gasteiger partial charge in [-0.3, -0.25) is 9.59 Å². The van der Waals surface area contributed by atoms with Crippen LogP contribution in [0.2, 0.25) is 0 Å². The van der Waals surface area contributed by atoms with Crippen LogP contribution in [-0.2, 0) is 4.79 Å². The van der Waals surface area contributed by atoms with Crippen molar-refractivity contribution in [1.29, 1.82) is 0 Å². The average molecular weight is 412 g/mol. The fourth-order valence-corrected chi connectivity index (χ4v) is 4.19. The summed E-state index contributed by atoms with van der Waals surface area (Å²) in [6.45, 7) is 6.25. The zero-order valence-electron chi connectivity index (χ0n) is 17.1. The number of carbonyl (C=O) groups is 2. The smallest absolute Gasteiger partial charge is 0.257 e. The molecule has 1 N–H and O–H groups in total. The van der Waals surface area contributed by atoms with Crippen molar-refractivity contribution >= 4 is 28.8 Å². The summed E-state index contributed by atoms with van der Waals surface area (Å²) in [6, 6.07) is 11.0. The molecule has 1 aromatic carbocycles. The van der Waals surface area contributed by atoms with Gasteiger partial charge in [-0.25, -0.2) is 0 Å². The van der Waals surface area contributed by atoms with E-state index in [1.807, 2.05) is 55.9 Å². The minimum atomic E-state index is -0.249. The van der Waals surface area contributed by atoms with Crippen LogP contribution in [0, 0.1) is 13.8 Å². The van der Waals surface area contributed by atoms with Crippen molar-refractivity contribution in [1.82, 2.24) is 9.47 Å². The number of likely N-dealkylation sites (N-methyl/N-ethyl adjacent to an activating group) is 1. The highest BCUT2D eigenvalue weighted by Crippen LogP contribution is 2.32. The molecule has 3 rings (SSSR count). The van der Waals surface area contributed by atoms with E-state index in [1.165, 1.54) is 0 Å². The van der Waals surface area contributed by atoms with Gasteiger partial charge in [-0.05, 0) is 50.6 Å². The predicted octanol–water partition coefficient (Wildman–Crippen LogP) is 4.27. The second-order valence-electron chi connectivity index (χ2n) is 6.65. The molecule has 0 saturated carbocycles. The van der Waals surface area contributed by atoms with Crippen LogP contribution in [0.25, 0.3) is 5.00 Å². The maximum Gasteiger partial charge on any atom is 0.257 e. The van der Waals surface area contributed by atoms with Crippen LogP contribution >= 0.6 is 11.3 Å². The first kappa shape index (κ1) is 20.7. The number of ether oxygens (including phenoxy) is 1. The van der Waals surface area contributed by atoms with Crippen molar-refractivity contribution in [2.24, 2.45) is 0 Å². The van der Waals surface area contributed by atoms with Gasteiger partial charge in [0.05, 0.1) is 12.7 Å². The number of anilines is 1. The molecule has 152 valence electrons. The van der Waals surface area contributed by atoms with Crippen molar-refractivity contribution in [3.8, 4) is 10.8 Å². The SMILES string of the molecule is CCN(CC(=O)Nc1cccc(OC)c1)C(=O)c1c(-n2cccc2)sc(C)c1C. The van der Waals surface area contributed by atoms with Gasteiger partial charge in [0.2, 0.25) is 5.91 Å². The number of rotatable bonds is 7. The normalized spacial score (nSPS) is 10.6. The molecule has 2 aromatic heterocycles. The van der Waals surface area contributed by atoms with E-state index in [9.17, 15) is 9.59 Å². The molecule has 0 spiro atoms. The number of nitrogens with one attached hydrogen (secondary N) is 1. The van der Waals surface area contributed by atoms with Gasteiger partial charge < -0.3 is 19.5 Å². The average Bonchev–Trinajstić information content (AvgIpc) is 3.34. The van der Waals surface area contributed by atoms with E-state index in [4.69, 9.17) is 4.74 Å². The number of hydrogen-bond acceptors (Lipinski definition) is 4. The highest BCUT2D eigenvalue weighted by atomic mass is 32.1. The van der Waals surface area contributed by atoms with Crippen LogP contribution in [0.4, 0.5) is 5.69 Å². The molecule has 0 unspecified atom stereocenters. The Labute approximate surface area is 174 Å². The Morgan fingerprint density at radius 2 is 1.90 bits per heavy atom. The molecule has 0 fully saturated rings. The summed E-state index contributed by atoms with van der Waals surface area (Å²) in [7, 11) is 1.58. The van der Waals surface area contributed by atoms with Crippen LogP contribution in [-0.4, -0.2) is 41.5 Å². The van der Waals surface area contributed by atoms with Crippen molar-refractivity contribution < 1.29 is 14.3 Å². The first-order chi connectivity index (χ1) is 13.9. The van der Waals surface area contributed by atoms with Crippen LogP contribution < -0.4 is 10.1 Å². The van der Waals surface area contributed by atoms with Gasteiger partial charge in [0, 0.05) is 35.6 Å². The summed E-state index contributed by atoms with van der Waals surface area (Å²) in [5, 5.41) is 3.71. The van der Waals surface area contributed by atoms with Crippen molar-refractivity contribution in [2.45, 2.75) is 20.8 Å². The van der Waals surface area contributed by atoms with Gasteiger partial charge in [-0.2, -0.15) is 0 Å². The molecule has 0 radical (unpaired) electrons. The van der Waals surface area contributed by atoms with Crippen molar-refractivity contribution in [3.63, 3.8) is 0 Å². The van der Waals surface area contributed by atoms with Crippen LogP contribution in [0.15, 0.2) is 48.8 Å². The minimum Gasteiger partial charge on any atom is -0.497 e. The van der Waals surface area contributed by atoms with E-state index < -0.39 is 0 Å². The van der Waals surface area contributed by atoms with E-state index in [-0.39, 0.29) is 18.4 Å². The van der Waals surface area contributed by atoms with Crippen LogP contribution in [0.1, 0.15) is 27.7 Å². The third-order valence-electron chi connectivity index (χ3n) is 4.78. The molecule has 2 amide bonds. The Bertz CT molecular complexity index is 1010. The fraction of sp³-hybridized carbons (Fsp3) is 0.273. The van der Waals surface area contributed by atoms with E-state index >= 15 is 0 Å². The second kappa shape index (κ2) is 8.96. The Kier molecular flexibility index (Phi) is 6.39. The Morgan fingerprint density at radius 3 is 2.55 bits per heavy atom. The van der Waals surface area contributed by atoms with Crippen molar-refractivity contribution in [2.75, 3.05) is 25.5 Å². The number of aromatic nitrogens is 1. The molecule has 29 heavy (non-hydrogen) atoms. The zero-order valence-corrected chi connectivity index (χ0v) is 17.9. The maximum absolute atomic E-state index is 13.3. The Hall–Kier alpha value is -3.06. The third kappa shape index (κ3) is 4.51. The lowest BCUT2D eigenvalue weighted by Gasteiger charge is -2.21. The Morgan fingerprint density at radius 1 is 1.17 bits per heavy atom. The number of amides is 2. The summed E-state index contributed by atoms with van der Waals surface area (Å²) < 4.78 is 7.13. The largest absolute Gasteiger partial charge is 0.497 e. The van der Waals surface area contributed by atoms with Gasteiger partial charge in [0.25, 0.3) is 5.91 Å². The van der Waals surface area contributed by atoms with Gasteiger partial charge in [0.15, 0.2) is 0 Å². The molecule has 0 bridgehead atoms. The summed E-state index contributed by atoms with van der Waals surface area (Å²) in [5.41, 5.74) is 2.24. The van der Waals surface area contributed by atoms with E-state index in [0.717, 1.165) is 15.4 Å². The molecular formula is C22H25N3O3S. The number of benzene rings is 1. The predicted molar refractivity (Wildman–Crippen MR) is 116 cm³/mol. The van der Waals surface area contributed by atoms with E-state index in [0.29, 0.717) is 23.5 Å². The standard InChI is InChI=1S/C22H25N3O3S/c1-5-24(14-19(26)23-17-9-8-10-18(13-17)28-4)21(27)20-15(2)16(3)29-22(20)25-11-6-7-12-25/h6-13H,5,14H2,1-4H3,(H,23,26). The van der Waals surface area contributed by atoms with Crippen LogP contribution in [0.3, 0.4) is 0 Å². The monoisotopic (exact) mass is 411 g/mol. The first-order valence-corrected chi connectivity index (χ1v) is 10.2. The number of nitrogens with zero attached hydrogens (tertiary/aromatic N) is 2. The molecule has 0 aliphatic rings. The maximum atomic E-state index is 13.3. The summed E-state index contributed by atoms with van der Waals surface area (Å²) in [6.07, 6.45) is 3.85. The van der Waals surface area contributed by atoms with Crippen molar-refractivity contribution in [3.05, 3.63) is 64.8 Å². The fourth-order valence-electron chi connectivity index (χ4n) is 3.07. The lowest BCUT2D eigenvalue weighted by atomic mass is 10.1. The number of carbonyl (C=O) groups excluding carboxylic acids is 2.